The normalized spacial score (nSPS) is 13.2. The Bertz CT molecular complexity index is 529. The van der Waals surface area contributed by atoms with E-state index in [9.17, 15) is 24.8 Å². The highest BCUT2D eigenvalue weighted by Crippen LogP contribution is 2.20. The molecule has 0 aliphatic rings. The van der Waals surface area contributed by atoms with E-state index in [1.54, 1.807) is 0 Å². The molecule has 1 aromatic carbocycles. The molecular weight excluding hydrogens is 284 g/mol. The highest BCUT2D eigenvalue weighted by Gasteiger charge is 2.23. The SMILES string of the molecule is O=C(O)CC(=O)N[C@H](CO)[C@H](O)c1ccc([N+](=O)[O-])cc1. The van der Waals surface area contributed by atoms with E-state index < -0.39 is 42.0 Å². The monoisotopic (exact) mass is 298 g/mol. The first kappa shape index (κ1) is 16.5. The highest BCUT2D eigenvalue weighted by molar-refractivity contribution is 5.93. The number of carboxylic acids is 1. The molecule has 0 saturated carbocycles. The summed E-state index contributed by atoms with van der Waals surface area (Å²) in [5.41, 5.74) is 0.0803. The maximum Gasteiger partial charge on any atom is 0.312 e. The Morgan fingerprint density at radius 3 is 2.29 bits per heavy atom. The number of aliphatic hydroxyl groups is 2. The summed E-state index contributed by atoms with van der Waals surface area (Å²) in [5.74, 6) is -2.20. The molecule has 2 atom stereocenters. The van der Waals surface area contributed by atoms with Gasteiger partial charge in [0.2, 0.25) is 5.91 Å². The fourth-order valence-electron chi connectivity index (χ4n) is 1.65. The minimum Gasteiger partial charge on any atom is -0.481 e. The quantitative estimate of drug-likeness (QED) is 0.303. The molecule has 0 radical (unpaired) electrons. The lowest BCUT2D eigenvalue weighted by Crippen LogP contribution is -2.42. The van der Waals surface area contributed by atoms with Gasteiger partial charge in [-0.3, -0.25) is 19.7 Å². The van der Waals surface area contributed by atoms with Crippen LogP contribution in [0.15, 0.2) is 24.3 Å². The second kappa shape index (κ2) is 7.31. The van der Waals surface area contributed by atoms with Gasteiger partial charge in [0.1, 0.15) is 12.5 Å². The van der Waals surface area contributed by atoms with Crippen LogP contribution in [0, 0.1) is 10.1 Å². The van der Waals surface area contributed by atoms with Gasteiger partial charge in [-0.25, -0.2) is 0 Å². The molecule has 0 unspecified atom stereocenters. The zero-order chi connectivity index (χ0) is 16.0. The Labute approximate surface area is 119 Å². The summed E-state index contributed by atoms with van der Waals surface area (Å²) >= 11 is 0. The molecule has 0 aliphatic carbocycles. The molecule has 9 heteroatoms. The Hall–Kier alpha value is -2.52. The standard InChI is InChI=1S/C12H14N2O7/c15-6-9(13-10(16)5-11(17)18)12(19)7-1-3-8(4-2-7)14(20)21/h1-4,9,12,15,19H,5-6H2,(H,13,16)(H,17,18)/t9-,12-/m1/s1. The van der Waals surface area contributed by atoms with Crippen LogP contribution in [0.4, 0.5) is 5.69 Å². The predicted molar refractivity (Wildman–Crippen MR) is 69.3 cm³/mol. The first-order valence-electron chi connectivity index (χ1n) is 5.89. The van der Waals surface area contributed by atoms with Crippen LogP contribution in [0.2, 0.25) is 0 Å². The minimum absolute atomic E-state index is 0.165. The number of non-ortho nitro benzene ring substituents is 1. The number of amides is 1. The van der Waals surface area contributed by atoms with Crippen molar-refractivity contribution in [2.45, 2.75) is 18.6 Å². The summed E-state index contributed by atoms with van der Waals surface area (Å²) in [7, 11) is 0. The second-order valence-electron chi connectivity index (χ2n) is 4.22. The molecule has 1 amide bonds. The van der Waals surface area contributed by atoms with Crippen molar-refractivity contribution < 1.29 is 29.8 Å². The zero-order valence-electron chi connectivity index (χ0n) is 10.8. The molecule has 1 rings (SSSR count). The summed E-state index contributed by atoms with van der Waals surface area (Å²) in [6.07, 6.45) is -2.11. The summed E-state index contributed by atoms with van der Waals surface area (Å²) < 4.78 is 0. The number of nitrogens with zero attached hydrogens (tertiary/aromatic N) is 1. The number of rotatable bonds is 7. The third-order valence-electron chi connectivity index (χ3n) is 2.68. The summed E-state index contributed by atoms with van der Waals surface area (Å²) in [6.45, 7) is -0.622. The summed E-state index contributed by atoms with van der Waals surface area (Å²) in [5, 5.41) is 40.3. The maximum absolute atomic E-state index is 11.3. The highest BCUT2D eigenvalue weighted by atomic mass is 16.6. The Balaban J connectivity index is 2.78. The molecule has 21 heavy (non-hydrogen) atoms. The Morgan fingerprint density at radius 2 is 1.86 bits per heavy atom. The van der Waals surface area contributed by atoms with Gasteiger partial charge in [-0.2, -0.15) is 0 Å². The van der Waals surface area contributed by atoms with Crippen molar-refractivity contribution in [2.24, 2.45) is 0 Å². The number of carbonyl (C=O) groups is 2. The molecule has 0 aliphatic heterocycles. The van der Waals surface area contributed by atoms with E-state index in [-0.39, 0.29) is 11.3 Å². The van der Waals surface area contributed by atoms with Crippen molar-refractivity contribution in [3.8, 4) is 0 Å². The largest absolute Gasteiger partial charge is 0.481 e. The number of hydrogen-bond acceptors (Lipinski definition) is 6. The van der Waals surface area contributed by atoms with E-state index in [2.05, 4.69) is 5.32 Å². The van der Waals surface area contributed by atoms with Gasteiger partial charge in [-0.1, -0.05) is 0 Å². The van der Waals surface area contributed by atoms with Crippen molar-refractivity contribution in [3.63, 3.8) is 0 Å². The smallest absolute Gasteiger partial charge is 0.312 e. The van der Waals surface area contributed by atoms with E-state index in [1.165, 1.54) is 24.3 Å². The van der Waals surface area contributed by atoms with Crippen LogP contribution >= 0.6 is 0 Å². The van der Waals surface area contributed by atoms with Crippen molar-refractivity contribution in [3.05, 3.63) is 39.9 Å². The summed E-state index contributed by atoms with van der Waals surface area (Å²) in [6, 6.07) is 3.81. The first-order chi connectivity index (χ1) is 9.85. The van der Waals surface area contributed by atoms with Crippen molar-refractivity contribution in [1.82, 2.24) is 5.32 Å². The molecule has 0 aromatic heterocycles. The van der Waals surface area contributed by atoms with Gasteiger partial charge in [-0.15, -0.1) is 0 Å². The average molecular weight is 298 g/mol. The Kier molecular flexibility index (Phi) is 5.76. The number of carbonyl (C=O) groups excluding carboxylic acids is 1. The molecule has 0 fully saturated rings. The second-order valence-corrected chi connectivity index (χ2v) is 4.22. The molecule has 0 spiro atoms. The molecule has 0 bridgehead atoms. The number of hydrogen-bond donors (Lipinski definition) is 4. The van der Waals surface area contributed by atoms with Gasteiger partial charge < -0.3 is 20.6 Å². The number of aliphatic hydroxyl groups excluding tert-OH is 2. The van der Waals surface area contributed by atoms with Gasteiger partial charge in [-0.05, 0) is 17.7 Å². The predicted octanol–water partition coefficient (Wildman–Crippen LogP) is -0.420. The van der Waals surface area contributed by atoms with Crippen LogP contribution in [0.5, 0.6) is 0 Å². The fourth-order valence-corrected chi connectivity index (χ4v) is 1.65. The van der Waals surface area contributed by atoms with Crippen LogP contribution in [-0.2, 0) is 9.59 Å². The third-order valence-corrected chi connectivity index (χ3v) is 2.68. The molecular formula is C12H14N2O7. The van der Waals surface area contributed by atoms with Crippen LogP contribution in [0.3, 0.4) is 0 Å². The van der Waals surface area contributed by atoms with E-state index in [4.69, 9.17) is 10.2 Å². The summed E-state index contributed by atoms with van der Waals surface area (Å²) in [4.78, 5) is 31.6. The van der Waals surface area contributed by atoms with Crippen LogP contribution in [0.25, 0.3) is 0 Å². The lowest BCUT2D eigenvalue weighted by molar-refractivity contribution is -0.384. The molecule has 9 nitrogen and oxygen atoms in total. The number of nitro benzene ring substituents is 1. The molecule has 0 heterocycles. The van der Waals surface area contributed by atoms with E-state index >= 15 is 0 Å². The van der Waals surface area contributed by atoms with Crippen molar-refractivity contribution in [2.75, 3.05) is 6.61 Å². The topological polar surface area (TPSA) is 150 Å². The van der Waals surface area contributed by atoms with Crippen LogP contribution < -0.4 is 5.32 Å². The number of carboxylic acid groups (broad SMARTS) is 1. The Morgan fingerprint density at radius 1 is 1.29 bits per heavy atom. The fraction of sp³-hybridized carbons (Fsp3) is 0.333. The minimum atomic E-state index is -1.34. The van der Waals surface area contributed by atoms with Gasteiger partial charge in [0.15, 0.2) is 0 Å². The third kappa shape index (κ3) is 4.82. The van der Waals surface area contributed by atoms with Crippen molar-refractivity contribution in [1.29, 1.82) is 0 Å². The zero-order valence-corrected chi connectivity index (χ0v) is 10.8. The molecule has 4 N–H and O–H groups in total. The van der Waals surface area contributed by atoms with E-state index in [0.717, 1.165) is 0 Å². The lowest BCUT2D eigenvalue weighted by atomic mass is 10.0. The molecule has 1 aromatic rings. The molecule has 114 valence electrons. The first-order valence-corrected chi connectivity index (χ1v) is 5.89. The lowest BCUT2D eigenvalue weighted by Gasteiger charge is -2.22. The maximum atomic E-state index is 11.3. The number of aliphatic carboxylic acids is 1. The number of nitro groups is 1. The van der Waals surface area contributed by atoms with Crippen molar-refractivity contribution >= 4 is 17.6 Å². The number of benzene rings is 1. The van der Waals surface area contributed by atoms with Gasteiger partial charge >= 0.3 is 5.97 Å². The average Bonchev–Trinajstić information content (AvgIpc) is 2.43. The van der Waals surface area contributed by atoms with Gasteiger partial charge in [0, 0.05) is 12.1 Å². The van der Waals surface area contributed by atoms with E-state index in [1.807, 2.05) is 0 Å². The molecule has 0 saturated heterocycles. The van der Waals surface area contributed by atoms with Crippen LogP contribution in [-0.4, -0.2) is 44.8 Å². The van der Waals surface area contributed by atoms with Gasteiger partial charge in [0.25, 0.3) is 5.69 Å². The van der Waals surface area contributed by atoms with Crippen LogP contribution in [0.1, 0.15) is 18.1 Å². The van der Waals surface area contributed by atoms with Gasteiger partial charge in [0.05, 0.1) is 17.6 Å². The van der Waals surface area contributed by atoms with E-state index in [0.29, 0.717) is 0 Å². The number of nitrogens with one attached hydrogen (secondary N) is 1.